The summed E-state index contributed by atoms with van der Waals surface area (Å²) in [6.45, 7) is 1.72. The molecule has 0 fully saturated rings. The fraction of sp³-hybridized carbons (Fsp3) is 0.111. The molecular formula is C27H21NO3. The molecular weight excluding hydrogens is 386 g/mol. The largest absolute Gasteiger partial charge is 0.459 e. The smallest absolute Gasteiger partial charge is 0.328 e. The molecule has 0 radical (unpaired) electrons. The van der Waals surface area contributed by atoms with Gasteiger partial charge in [-0.2, -0.15) is 0 Å². The summed E-state index contributed by atoms with van der Waals surface area (Å²) in [7, 11) is 0. The normalized spacial score (nSPS) is 10.7. The van der Waals surface area contributed by atoms with E-state index in [1.54, 1.807) is 25.1 Å². The monoisotopic (exact) mass is 407 g/mol. The zero-order valence-corrected chi connectivity index (χ0v) is 17.1. The second kappa shape index (κ2) is 10.5. The van der Waals surface area contributed by atoms with E-state index in [0.717, 1.165) is 11.1 Å². The lowest BCUT2D eigenvalue weighted by Crippen LogP contribution is -2.39. The predicted octanol–water partition coefficient (Wildman–Crippen LogP) is 3.93. The van der Waals surface area contributed by atoms with Gasteiger partial charge in [0.15, 0.2) is 0 Å². The van der Waals surface area contributed by atoms with E-state index in [1.165, 1.54) is 0 Å². The highest BCUT2D eigenvalue weighted by Crippen LogP contribution is 2.11. The first-order valence-corrected chi connectivity index (χ1v) is 9.75. The molecule has 4 nitrogen and oxygen atoms in total. The van der Waals surface area contributed by atoms with Crippen molar-refractivity contribution >= 4 is 11.9 Å². The Morgan fingerprint density at radius 3 is 2.19 bits per heavy atom. The van der Waals surface area contributed by atoms with Crippen molar-refractivity contribution in [2.75, 3.05) is 0 Å². The maximum Gasteiger partial charge on any atom is 0.328 e. The molecule has 1 amide bonds. The zero-order valence-electron chi connectivity index (χ0n) is 17.1. The van der Waals surface area contributed by atoms with Gasteiger partial charge in [0, 0.05) is 22.3 Å². The maximum atomic E-state index is 12.7. The molecule has 1 atom stereocenters. The number of benzene rings is 3. The molecule has 0 aliphatic heterocycles. The van der Waals surface area contributed by atoms with Crippen LogP contribution in [0.3, 0.4) is 0 Å². The predicted molar refractivity (Wildman–Crippen MR) is 120 cm³/mol. The van der Waals surface area contributed by atoms with Crippen molar-refractivity contribution in [1.29, 1.82) is 0 Å². The SMILES string of the molecule is C#Cc1cc(C#Cc2ccccc2)cc(C(=O)N[C@@H](C)C(=O)OCc2ccccc2)c1. The van der Waals surface area contributed by atoms with Gasteiger partial charge in [-0.1, -0.05) is 66.3 Å². The Morgan fingerprint density at radius 2 is 1.52 bits per heavy atom. The number of hydrogen-bond donors (Lipinski definition) is 1. The van der Waals surface area contributed by atoms with E-state index in [9.17, 15) is 9.59 Å². The van der Waals surface area contributed by atoms with Gasteiger partial charge < -0.3 is 10.1 Å². The fourth-order valence-corrected chi connectivity index (χ4v) is 2.77. The van der Waals surface area contributed by atoms with Gasteiger partial charge in [-0.25, -0.2) is 4.79 Å². The summed E-state index contributed by atoms with van der Waals surface area (Å²) in [6.07, 6.45) is 5.54. The molecule has 0 saturated carbocycles. The Morgan fingerprint density at radius 1 is 0.903 bits per heavy atom. The van der Waals surface area contributed by atoms with Crippen molar-refractivity contribution in [3.8, 4) is 24.2 Å². The molecule has 4 heteroatoms. The number of nitrogens with one attached hydrogen (secondary N) is 1. The molecule has 0 aromatic heterocycles. The van der Waals surface area contributed by atoms with Crippen molar-refractivity contribution < 1.29 is 14.3 Å². The van der Waals surface area contributed by atoms with Crippen molar-refractivity contribution in [3.05, 3.63) is 107 Å². The Bertz CT molecular complexity index is 1170. The highest BCUT2D eigenvalue weighted by Gasteiger charge is 2.18. The average Bonchev–Trinajstić information content (AvgIpc) is 2.82. The van der Waals surface area contributed by atoms with Gasteiger partial charge in [0.1, 0.15) is 12.6 Å². The molecule has 3 aromatic carbocycles. The molecule has 31 heavy (non-hydrogen) atoms. The minimum Gasteiger partial charge on any atom is -0.459 e. The lowest BCUT2D eigenvalue weighted by molar-refractivity contribution is -0.146. The van der Waals surface area contributed by atoms with E-state index in [-0.39, 0.29) is 6.61 Å². The minimum absolute atomic E-state index is 0.145. The first-order chi connectivity index (χ1) is 15.0. The van der Waals surface area contributed by atoms with Crippen molar-refractivity contribution in [2.24, 2.45) is 0 Å². The summed E-state index contributed by atoms with van der Waals surface area (Å²) in [6, 6.07) is 23.0. The highest BCUT2D eigenvalue weighted by molar-refractivity contribution is 5.97. The molecule has 0 spiro atoms. The maximum absolute atomic E-state index is 12.7. The first kappa shape index (κ1) is 21.4. The summed E-state index contributed by atoms with van der Waals surface area (Å²) < 4.78 is 5.27. The zero-order chi connectivity index (χ0) is 22.1. The quantitative estimate of drug-likeness (QED) is 0.515. The van der Waals surface area contributed by atoms with Gasteiger partial charge in [0.2, 0.25) is 0 Å². The molecule has 3 rings (SSSR count). The minimum atomic E-state index is -0.815. The molecule has 0 saturated heterocycles. The molecule has 0 aliphatic carbocycles. The van der Waals surface area contributed by atoms with Crippen LogP contribution in [-0.2, 0) is 16.1 Å². The molecule has 3 aromatic rings. The fourth-order valence-electron chi connectivity index (χ4n) is 2.77. The van der Waals surface area contributed by atoms with Crippen LogP contribution in [0.1, 0.15) is 39.5 Å². The summed E-state index contributed by atoms with van der Waals surface area (Å²) in [5, 5.41) is 2.65. The number of terminal acetylenes is 1. The van der Waals surface area contributed by atoms with Crippen LogP contribution in [0.15, 0.2) is 78.9 Å². The molecule has 0 bridgehead atoms. The summed E-state index contributed by atoms with van der Waals surface area (Å²) >= 11 is 0. The van der Waals surface area contributed by atoms with Gasteiger partial charge >= 0.3 is 5.97 Å². The molecule has 0 heterocycles. The topological polar surface area (TPSA) is 55.4 Å². The molecule has 1 N–H and O–H groups in total. The Labute approximate surface area is 182 Å². The van der Waals surface area contributed by atoms with Crippen molar-refractivity contribution in [2.45, 2.75) is 19.6 Å². The Balaban J connectivity index is 1.68. The summed E-state index contributed by atoms with van der Waals surface area (Å²) in [4.78, 5) is 24.9. The van der Waals surface area contributed by atoms with Gasteiger partial charge in [0.05, 0.1) is 0 Å². The van der Waals surface area contributed by atoms with E-state index in [1.807, 2.05) is 60.7 Å². The number of carbonyl (C=O) groups excluding carboxylic acids is 2. The van der Waals surface area contributed by atoms with Gasteiger partial charge in [0.25, 0.3) is 5.91 Å². The van der Waals surface area contributed by atoms with Gasteiger partial charge in [-0.05, 0) is 42.8 Å². The van der Waals surface area contributed by atoms with E-state index in [4.69, 9.17) is 11.2 Å². The van der Waals surface area contributed by atoms with E-state index < -0.39 is 17.9 Å². The third-order valence-corrected chi connectivity index (χ3v) is 4.41. The number of esters is 1. The lowest BCUT2D eigenvalue weighted by Gasteiger charge is -2.14. The van der Waals surface area contributed by atoms with E-state index in [0.29, 0.717) is 16.7 Å². The average molecular weight is 407 g/mol. The van der Waals surface area contributed by atoms with Crippen LogP contribution in [0.5, 0.6) is 0 Å². The van der Waals surface area contributed by atoms with Crippen LogP contribution in [0.4, 0.5) is 0 Å². The second-order valence-corrected chi connectivity index (χ2v) is 6.85. The molecule has 152 valence electrons. The Kier molecular flexibility index (Phi) is 7.25. The molecule has 0 unspecified atom stereocenters. The number of hydrogen-bond acceptors (Lipinski definition) is 3. The van der Waals surface area contributed by atoms with Crippen LogP contribution >= 0.6 is 0 Å². The van der Waals surface area contributed by atoms with Crippen LogP contribution in [0.25, 0.3) is 0 Å². The van der Waals surface area contributed by atoms with Gasteiger partial charge in [-0.15, -0.1) is 6.42 Å². The number of rotatable bonds is 5. The number of carbonyl (C=O) groups is 2. The van der Waals surface area contributed by atoms with Crippen molar-refractivity contribution in [1.82, 2.24) is 5.32 Å². The third kappa shape index (κ3) is 6.35. The highest BCUT2D eigenvalue weighted by atomic mass is 16.5. The van der Waals surface area contributed by atoms with E-state index in [2.05, 4.69) is 23.1 Å². The summed E-state index contributed by atoms with van der Waals surface area (Å²) in [5.74, 6) is 7.66. The van der Waals surface area contributed by atoms with Crippen molar-refractivity contribution in [3.63, 3.8) is 0 Å². The number of amides is 1. The molecule has 0 aliphatic rings. The lowest BCUT2D eigenvalue weighted by atomic mass is 10.0. The number of ether oxygens (including phenoxy) is 1. The van der Waals surface area contributed by atoms with Crippen LogP contribution in [-0.4, -0.2) is 17.9 Å². The second-order valence-electron chi connectivity index (χ2n) is 6.85. The first-order valence-electron chi connectivity index (χ1n) is 9.75. The standard InChI is InChI=1S/C27H21NO3/c1-3-21-16-24(15-14-22-10-6-4-7-11-22)18-25(17-21)26(29)28-20(2)27(30)31-19-23-12-8-5-9-13-23/h1,4-13,16-18,20H,19H2,2H3,(H,28,29)/t20-/m0/s1. The van der Waals surface area contributed by atoms with Crippen LogP contribution in [0, 0.1) is 24.2 Å². The van der Waals surface area contributed by atoms with Crippen LogP contribution in [0.2, 0.25) is 0 Å². The summed E-state index contributed by atoms with van der Waals surface area (Å²) in [5.41, 5.74) is 3.20. The van der Waals surface area contributed by atoms with Crippen LogP contribution < -0.4 is 5.32 Å². The Hall–Kier alpha value is -4.28. The van der Waals surface area contributed by atoms with E-state index >= 15 is 0 Å². The van der Waals surface area contributed by atoms with Gasteiger partial charge in [-0.3, -0.25) is 4.79 Å². The third-order valence-electron chi connectivity index (χ3n) is 4.41.